The van der Waals surface area contributed by atoms with Crippen molar-refractivity contribution < 1.29 is 9.32 Å². The van der Waals surface area contributed by atoms with E-state index in [2.05, 4.69) is 10.5 Å². The summed E-state index contributed by atoms with van der Waals surface area (Å²) in [6.45, 7) is 0. The van der Waals surface area contributed by atoms with Gasteiger partial charge < -0.3 is 9.84 Å². The molecule has 0 unspecified atom stereocenters. The number of amides is 1. The number of carbonyl (C=O) groups is 1. The van der Waals surface area contributed by atoms with Gasteiger partial charge in [-0.1, -0.05) is 53.7 Å². The van der Waals surface area contributed by atoms with Gasteiger partial charge in [0.05, 0.1) is 11.4 Å². The van der Waals surface area contributed by atoms with Crippen molar-refractivity contribution in [1.82, 2.24) is 14.9 Å². The van der Waals surface area contributed by atoms with Gasteiger partial charge in [-0.15, -0.1) is 0 Å². The summed E-state index contributed by atoms with van der Waals surface area (Å²) in [5.74, 6) is 0.971. The van der Waals surface area contributed by atoms with Gasteiger partial charge in [0.2, 0.25) is 0 Å². The summed E-state index contributed by atoms with van der Waals surface area (Å²) in [6, 6.07) is 21.1. The first kappa shape index (κ1) is 16.5. The van der Waals surface area contributed by atoms with E-state index in [9.17, 15) is 4.79 Å². The fourth-order valence-electron chi connectivity index (χ4n) is 3.57. The molecule has 6 heteroatoms. The zero-order valence-corrected chi connectivity index (χ0v) is 15.1. The molecular weight excluding hydrogens is 352 g/mol. The zero-order valence-electron chi connectivity index (χ0n) is 15.1. The van der Waals surface area contributed by atoms with E-state index in [1.807, 2.05) is 60.7 Å². The van der Waals surface area contributed by atoms with Gasteiger partial charge in [-0.25, -0.2) is 4.68 Å². The topological polar surface area (TPSA) is 73.0 Å². The van der Waals surface area contributed by atoms with E-state index < -0.39 is 0 Å². The van der Waals surface area contributed by atoms with Crippen LogP contribution in [0.5, 0.6) is 0 Å². The predicted octanol–water partition coefficient (Wildman–Crippen LogP) is 4.27. The van der Waals surface area contributed by atoms with Crippen molar-refractivity contribution >= 4 is 11.7 Å². The molecular formula is C22H18N4O2. The minimum Gasteiger partial charge on any atom is -0.355 e. The summed E-state index contributed by atoms with van der Waals surface area (Å²) in [5, 5.41) is 11.7. The lowest BCUT2D eigenvalue weighted by Crippen LogP contribution is -2.16. The van der Waals surface area contributed by atoms with Crippen LogP contribution in [-0.2, 0) is 12.8 Å². The van der Waals surface area contributed by atoms with Gasteiger partial charge in [-0.05, 0) is 31.4 Å². The lowest BCUT2D eigenvalue weighted by Gasteiger charge is -2.10. The van der Waals surface area contributed by atoms with Gasteiger partial charge in [-0.2, -0.15) is 5.10 Å². The Morgan fingerprint density at radius 1 is 1.00 bits per heavy atom. The third kappa shape index (κ3) is 2.89. The number of nitrogens with one attached hydrogen (secondary N) is 1. The van der Waals surface area contributed by atoms with Crippen LogP contribution in [0.15, 0.2) is 71.3 Å². The second-order valence-corrected chi connectivity index (χ2v) is 6.77. The Balaban J connectivity index is 1.47. The summed E-state index contributed by atoms with van der Waals surface area (Å²) in [7, 11) is 0. The van der Waals surface area contributed by atoms with Gasteiger partial charge in [0.25, 0.3) is 5.91 Å². The number of fused-ring (bicyclic) bond motifs is 1. The molecule has 1 aliphatic rings. The molecule has 0 radical (unpaired) electrons. The third-order valence-electron chi connectivity index (χ3n) is 4.94. The van der Waals surface area contributed by atoms with E-state index in [1.54, 1.807) is 10.7 Å². The first-order chi connectivity index (χ1) is 13.8. The summed E-state index contributed by atoms with van der Waals surface area (Å²) in [5.41, 5.74) is 4.18. The summed E-state index contributed by atoms with van der Waals surface area (Å²) in [4.78, 5) is 12.9. The predicted molar refractivity (Wildman–Crippen MR) is 105 cm³/mol. The van der Waals surface area contributed by atoms with E-state index in [0.717, 1.165) is 41.8 Å². The molecule has 138 valence electrons. The van der Waals surface area contributed by atoms with Crippen LogP contribution < -0.4 is 5.32 Å². The number of rotatable bonds is 4. The number of carbonyl (C=O) groups excluding carboxylic acids is 1. The van der Waals surface area contributed by atoms with Gasteiger partial charge >= 0.3 is 0 Å². The maximum atomic E-state index is 12.9. The Hall–Kier alpha value is -3.67. The molecule has 28 heavy (non-hydrogen) atoms. The maximum Gasteiger partial charge on any atom is 0.279 e. The van der Waals surface area contributed by atoms with E-state index in [0.29, 0.717) is 11.6 Å². The monoisotopic (exact) mass is 370 g/mol. The molecule has 0 atom stereocenters. The molecule has 0 saturated carbocycles. The van der Waals surface area contributed by atoms with Crippen molar-refractivity contribution in [3.63, 3.8) is 0 Å². The molecule has 1 N–H and O–H groups in total. The first-order valence-electron chi connectivity index (χ1n) is 9.29. The number of para-hydroxylation sites is 1. The SMILES string of the molecule is O=C(Nc1c2c(nn1-c1ccccc1)CCC2)c1cc(-c2ccccc2)on1. The number of nitrogens with zero attached hydrogens (tertiary/aromatic N) is 3. The molecule has 5 rings (SSSR count). The molecule has 2 aromatic carbocycles. The second kappa shape index (κ2) is 6.81. The number of aromatic nitrogens is 3. The minimum atomic E-state index is -0.308. The fraction of sp³-hybridized carbons (Fsp3) is 0.136. The van der Waals surface area contributed by atoms with Crippen LogP contribution in [0.2, 0.25) is 0 Å². The highest BCUT2D eigenvalue weighted by molar-refractivity contribution is 6.03. The molecule has 1 amide bonds. The van der Waals surface area contributed by atoms with Crippen molar-refractivity contribution in [2.75, 3.05) is 5.32 Å². The zero-order chi connectivity index (χ0) is 18.9. The first-order valence-corrected chi connectivity index (χ1v) is 9.29. The van der Waals surface area contributed by atoms with Crippen molar-refractivity contribution in [2.24, 2.45) is 0 Å². The molecule has 2 aromatic heterocycles. The molecule has 1 aliphatic carbocycles. The summed E-state index contributed by atoms with van der Waals surface area (Å²) < 4.78 is 7.17. The number of anilines is 1. The Bertz CT molecular complexity index is 1130. The third-order valence-corrected chi connectivity index (χ3v) is 4.94. The molecule has 0 spiro atoms. The van der Waals surface area contributed by atoms with Crippen LogP contribution in [0.1, 0.15) is 28.2 Å². The largest absolute Gasteiger partial charge is 0.355 e. The molecule has 4 aromatic rings. The van der Waals surface area contributed by atoms with Crippen LogP contribution in [-0.4, -0.2) is 20.8 Å². The van der Waals surface area contributed by atoms with Crippen LogP contribution in [0, 0.1) is 0 Å². The molecule has 0 fully saturated rings. The van der Waals surface area contributed by atoms with E-state index in [4.69, 9.17) is 9.62 Å². The highest BCUT2D eigenvalue weighted by Crippen LogP contribution is 2.31. The molecule has 2 heterocycles. The Morgan fingerprint density at radius 3 is 2.54 bits per heavy atom. The average Bonchev–Trinajstić information content (AvgIpc) is 3.47. The number of benzene rings is 2. The second-order valence-electron chi connectivity index (χ2n) is 6.77. The van der Waals surface area contributed by atoms with E-state index >= 15 is 0 Å². The van der Waals surface area contributed by atoms with Crippen LogP contribution in [0.4, 0.5) is 5.82 Å². The maximum absolute atomic E-state index is 12.9. The smallest absolute Gasteiger partial charge is 0.279 e. The van der Waals surface area contributed by atoms with Crippen molar-refractivity contribution in [3.05, 3.63) is 83.7 Å². The van der Waals surface area contributed by atoms with Gasteiger partial charge in [0.15, 0.2) is 11.5 Å². The fourth-order valence-corrected chi connectivity index (χ4v) is 3.57. The quantitative estimate of drug-likeness (QED) is 0.582. The lowest BCUT2D eigenvalue weighted by molar-refractivity contribution is 0.101. The van der Waals surface area contributed by atoms with Crippen molar-refractivity contribution in [2.45, 2.75) is 19.3 Å². The Morgan fingerprint density at radius 2 is 1.75 bits per heavy atom. The average molecular weight is 370 g/mol. The normalized spacial score (nSPS) is 12.7. The van der Waals surface area contributed by atoms with Gasteiger partial charge in [0.1, 0.15) is 5.82 Å². The Labute approximate surface area is 161 Å². The van der Waals surface area contributed by atoms with E-state index in [-0.39, 0.29) is 11.6 Å². The summed E-state index contributed by atoms with van der Waals surface area (Å²) >= 11 is 0. The number of aryl methyl sites for hydroxylation is 1. The van der Waals surface area contributed by atoms with Gasteiger partial charge in [0, 0.05) is 17.2 Å². The molecule has 0 saturated heterocycles. The molecule has 0 aliphatic heterocycles. The van der Waals surface area contributed by atoms with Crippen molar-refractivity contribution in [1.29, 1.82) is 0 Å². The standard InChI is InChI=1S/C22H18N4O2/c27-22(19-14-20(28-25-19)15-8-3-1-4-9-15)23-21-17-12-7-13-18(17)24-26(21)16-10-5-2-6-11-16/h1-6,8-11,14H,7,12-13H2,(H,23,27). The Kier molecular flexibility index (Phi) is 4.01. The van der Waals surface area contributed by atoms with Crippen LogP contribution in [0.3, 0.4) is 0 Å². The minimum absolute atomic E-state index is 0.242. The van der Waals surface area contributed by atoms with Gasteiger partial charge in [-0.3, -0.25) is 4.79 Å². The van der Waals surface area contributed by atoms with E-state index in [1.165, 1.54) is 0 Å². The number of hydrogen-bond donors (Lipinski definition) is 1. The number of hydrogen-bond acceptors (Lipinski definition) is 4. The summed E-state index contributed by atoms with van der Waals surface area (Å²) in [6.07, 6.45) is 2.89. The highest BCUT2D eigenvalue weighted by atomic mass is 16.5. The molecule has 0 bridgehead atoms. The van der Waals surface area contributed by atoms with Crippen LogP contribution in [0.25, 0.3) is 17.0 Å². The lowest BCUT2D eigenvalue weighted by atomic mass is 10.1. The van der Waals surface area contributed by atoms with Crippen molar-refractivity contribution in [3.8, 4) is 17.0 Å². The van der Waals surface area contributed by atoms with Crippen LogP contribution >= 0.6 is 0 Å². The highest BCUT2D eigenvalue weighted by Gasteiger charge is 2.25. The molecule has 6 nitrogen and oxygen atoms in total.